The van der Waals surface area contributed by atoms with Crippen LogP contribution in [-0.4, -0.2) is 58.4 Å². The van der Waals surface area contributed by atoms with Crippen molar-refractivity contribution in [3.8, 4) is 0 Å². The monoisotopic (exact) mass is 508 g/mol. The number of ether oxygens (including phenoxy) is 3. The van der Waals surface area contributed by atoms with Gasteiger partial charge in [-0.2, -0.15) is 0 Å². The Hall–Kier alpha value is -3.17. The smallest absolute Gasteiger partial charge is 0.330 e. The lowest BCUT2D eigenvalue weighted by Crippen LogP contribution is -2.28. The Morgan fingerprint density at radius 2 is 1.58 bits per heavy atom. The van der Waals surface area contributed by atoms with Crippen LogP contribution in [0.5, 0.6) is 0 Å². The highest BCUT2D eigenvalue weighted by Crippen LogP contribution is 2.39. The van der Waals surface area contributed by atoms with E-state index in [4.69, 9.17) is 24.4 Å². The van der Waals surface area contributed by atoms with Crippen LogP contribution in [0.3, 0.4) is 0 Å². The van der Waals surface area contributed by atoms with E-state index in [1.165, 1.54) is 12.2 Å². The van der Waals surface area contributed by atoms with Crippen molar-refractivity contribution < 1.29 is 48.4 Å². The van der Waals surface area contributed by atoms with E-state index in [0.29, 0.717) is 19.3 Å². The van der Waals surface area contributed by atoms with Crippen LogP contribution < -0.4 is 0 Å². The number of aliphatic carboxylic acids is 2. The van der Waals surface area contributed by atoms with Crippen molar-refractivity contribution >= 4 is 29.8 Å². The maximum atomic E-state index is 12.5. The molecule has 2 aliphatic rings. The second-order valence-corrected chi connectivity index (χ2v) is 9.33. The van der Waals surface area contributed by atoms with Gasteiger partial charge in [0.2, 0.25) is 0 Å². The summed E-state index contributed by atoms with van der Waals surface area (Å²) in [4.78, 5) is 58.4. The average molecular weight is 509 g/mol. The first kappa shape index (κ1) is 29.1. The van der Waals surface area contributed by atoms with Crippen molar-refractivity contribution in [1.29, 1.82) is 0 Å². The van der Waals surface area contributed by atoms with E-state index in [0.717, 1.165) is 12.8 Å². The van der Waals surface area contributed by atoms with E-state index in [2.05, 4.69) is 0 Å². The highest BCUT2D eigenvalue weighted by molar-refractivity contribution is 5.82. The zero-order chi connectivity index (χ0) is 26.5. The summed E-state index contributed by atoms with van der Waals surface area (Å²) >= 11 is 0. The molecule has 10 nitrogen and oxygen atoms in total. The number of allylic oxidation sites excluding steroid dienone is 2. The van der Waals surface area contributed by atoms with Gasteiger partial charge in [-0.15, -0.1) is 0 Å². The molecule has 2 rings (SSSR count). The first-order chi connectivity index (χ1) is 17.1. The summed E-state index contributed by atoms with van der Waals surface area (Å²) in [5.74, 6) is -3.94. The van der Waals surface area contributed by atoms with Gasteiger partial charge in [-0.1, -0.05) is 12.2 Å². The lowest BCUT2D eigenvalue weighted by atomic mass is 9.89. The van der Waals surface area contributed by atoms with Crippen molar-refractivity contribution in [1.82, 2.24) is 0 Å². The third-order valence-electron chi connectivity index (χ3n) is 6.25. The minimum atomic E-state index is -1.00. The van der Waals surface area contributed by atoms with Crippen LogP contribution in [0, 0.1) is 11.8 Å². The van der Waals surface area contributed by atoms with Crippen molar-refractivity contribution in [3.63, 3.8) is 0 Å². The summed E-state index contributed by atoms with van der Waals surface area (Å²) < 4.78 is 16.6. The normalized spacial score (nSPS) is 28.2. The molecule has 200 valence electrons. The maximum Gasteiger partial charge on any atom is 0.330 e. The van der Waals surface area contributed by atoms with Crippen LogP contribution in [0.1, 0.15) is 77.6 Å². The highest BCUT2D eigenvalue weighted by atomic mass is 16.6. The summed E-state index contributed by atoms with van der Waals surface area (Å²) in [6, 6.07) is 0. The van der Waals surface area contributed by atoms with Crippen LogP contribution in [0.4, 0.5) is 0 Å². The van der Waals surface area contributed by atoms with Gasteiger partial charge in [0.25, 0.3) is 0 Å². The van der Waals surface area contributed by atoms with Crippen LogP contribution in [0.15, 0.2) is 24.3 Å². The Bertz CT molecular complexity index is 846. The molecule has 0 saturated heterocycles. The number of hydrogen-bond donors (Lipinski definition) is 2. The highest BCUT2D eigenvalue weighted by Gasteiger charge is 2.40. The summed E-state index contributed by atoms with van der Waals surface area (Å²) in [6.45, 7) is 1.82. The molecule has 1 aliphatic heterocycles. The van der Waals surface area contributed by atoms with Gasteiger partial charge >= 0.3 is 29.8 Å². The average Bonchev–Trinajstić information content (AvgIpc) is 3.17. The second-order valence-electron chi connectivity index (χ2n) is 9.33. The van der Waals surface area contributed by atoms with Gasteiger partial charge in [0, 0.05) is 37.7 Å². The molecule has 0 bridgehead atoms. The molecule has 1 aliphatic carbocycles. The zero-order valence-corrected chi connectivity index (χ0v) is 20.6. The van der Waals surface area contributed by atoms with E-state index in [1.807, 2.05) is 19.1 Å². The number of esters is 3. The topological polar surface area (TPSA) is 154 Å². The van der Waals surface area contributed by atoms with Crippen LogP contribution in [-0.2, 0) is 38.2 Å². The molecule has 0 unspecified atom stereocenters. The van der Waals surface area contributed by atoms with E-state index in [-0.39, 0.29) is 56.5 Å². The van der Waals surface area contributed by atoms with Crippen molar-refractivity contribution in [3.05, 3.63) is 24.3 Å². The van der Waals surface area contributed by atoms with Crippen LogP contribution in [0.25, 0.3) is 0 Å². The third-order valence-corrected chi connectivity index (χ3v) is 6.25. The molecule has 0 spiro atoms. The predicted molar refractivity (Wildman–Crippen MR) is 127 cm³/mol. The van der Waals surface area contributed by atoms with Gasteiger partial charge < -0.3 is 24.4 Å². The lowest BCUT2D eigenvalue weighted by Gasteiger charge is -2.24. The molecule has 0 aromatic heterocycles. The molecule has 36 heavy (non-hydrogen) atoms. The molecule has 1 heterocycles. The Morgan fingerprint density at radius 3 is 2.22 bits per heavy atom. The van der Waals surface area contributed by atoms with Crippen molar-refractivity contribution in [2.24, 2.45) is 11.8 Å². The predicted octanol–water partition coefficient (Wildman–Crippen LogP) is 3.57. The summed E-state index contributed by atoms with van der Waals surface area (Å²) in [5, 5.41) is 17.6. The number of cyclic esters (lactones) is 1. The number of carboxylic acids is 2. The number of carboxylic acid groups (broad SMARTS) is 2. The van der Waals surface area contributed by atoms with Crippen LogP contribution >= 0.6 is 0 Å². The van der Waals surface area contributed by atoms with E-state index in [9.17, 15) is 24.0 Å². The number of hydrogen-bond acceptors (Lipinski definition) is 8. The largest absolute Gasteiger partial charge is 0.481 e. The molecule has 0 aromatic rings. The van der Waals surface area contributed by atoms with Gasteiger partial charge in [0.05, 0.1) is 6.10 Å². The second kappa shape index (κ2) is 15.1. The summed E-state index contributed by atoms with van der Waals surface area (Å²) in [5.41, 5.74) is 0. The molecule has 1 saturated carbocycles. The maximum absolute atomic E-state index is 12.5. The fourth-order valence-corrected chi connectivity index (χ4v) is 4.51. The molecule has 10 heteroatoms. The van der Waals surface area contributed by atoms with Gasteiger partial charge in [-0.05, 0) is 63.9 Å². The molecule has 5 atom stereocenters. The summed E-state index contributed by atoms with van der Waals surface area (Å²) in [7, 11) is 0. The molecule has 0 amide bonds. The Morgan fingerprint density at radius 1 is 0.944 bits per heavy atom. The van der Waals surface area contributed by atoms with Gasteiger partial charge in [0.1, 0.15) is 12.2 Å². The quantitative estimate of drug-likeness (QED) is 0.254. The standard InChI is InChI=1S/C26H36O10/c1-17-7-3-2-4-8-18-15-19(35-24(31)11-5-9-22(27)28)16-20(18)21(13-14-26(33)34-17)36-25(32)12-6-10-23(29)30/h4,8,13-14,17-21H,2-3,5-7,9-12,15-16H2,1H3,(H,27,28)(H,29,30)/b8-4+,14-13+/t17-,18+,19-,20+,21+/m0/s1. The number of fused-ring (bicyclic) bond motifs is 1. The fourth-order valence-electron chi connectivity index (χ4n) is 4.51. The molecule has 0 radical (unpaired) electrons. The molecular formula is C26H36O10. The number of carbonyl (C=O) groups excluding carboxylic acids is 3. The molecule has 0 aromatic carbocycles. The van der Waals surface area contributed by atoms with E-state index >= 15 is 0 Å². The van der Waals surface area contributed by atoms with Crippen molar-refractivity contribution in [2.75, 3.05) is 0 Å². The Labute approximate surface area is 210 Å². The SMILES string of the molecule is C[C@H]1CCC/C=C/[C@@H]2C[C@H](OC(=O)CCCC(=O)O)C[C@H]2[C@H](OC(=O)CCCC(=O)O)/C=C/C(=O)O1. The fraction of sp³-hybridized carbons (Fsp3) is 0.654. The first-order valence-corrected chi connectivity index (χ1v) is 12.5. The van der Waals surface area contributed by atoms with Gasteiger partial charge in [-0.25, -0.2) is 4.79 Å². The van der Waals surface area contributed by atoms with Gasteiger partial charge in [0.15, 0.2) is 0 Å². The minimum Gasteiger partial charge on any atom is -0.481 e. The van der Waals surface area contributed by atoms with Crippen molar-refractivity contribution in [2.45, 2.75) is 95.9 Å². The summed E-state index contributed by atoms with van der Waals surface area (Å²) in [6.07, 6.45) is 8.50. The minimum absolute atomic E-state index is 0.000107. The van der Waals surface area contributed by atoms with Gasteiger partial charge in [-0.3, -0.25) is 19.2 Å². The molecular weight excluding hydrogens is 472 g/mol. The first-order valence-electron chi connectivity index (χ1n) is 12.5. The van der Waals surface area contributed by atoms with Crippen LogP contribution in [0.2, 0.25) is 0 Å². The number of carbonyl (C=O) groups is 5. The Balaban J connectivity index is 2.15. The zero-order valence-electron chi connectivity index (χ0n) is 20.6. The van der Waals surface area contributed by atoms with E-state index < -0.39 is 42.1 Å². The van der Waals surface area contributed by atoms with E-state index in [1.54, 1.807) is 0 Å². The Kier molecular flexibility index (Phi) is 12.2. The lowest BCUT2D eigenvalue weighted by molar-refractivity contribution is -0.152. The molecule has 1 fully saturated rings. The third kappa shape index (κ3) is 11.0. The number of rotatable bonds is 10. The molecule has 2 N–H and O–H groups in total.